The Kier molecular flexibility index (Phi) is 5.47. The third-order valence-electron chi connectivity index (χ3n) is 2.36. The van der Waals surface area contributed by atoms with E-state index in [0.29, 0.717) is 20.8 Å². The highest BCUT2D eigenvalue weighted by atomic mass is 35.5. The molecule has 0 aliphatic rings. The largest absolute Gasteiger partial charge is 0.295 e. The fourth-order valence-electron chi connectivity index (χ4n) is 1.45. The lowest BCUT2D eigenvalue weighted by molar-refractivity contribution is -0.115. The fourth-order valence-corrected chi connectivity index (χ4v) is 2.94. The first-order valence-electron chi connectivity index (χ1n) is 5.76. The molecule has 2 rings (SSSR count). The molecule has 0 unspecified atom stereocenters. The molecule has 0 aliphatic carbocycles. The second-order valence-electron chi connectivity index (χ2n) is 3.98. The summed E-state index contributed by atoms with van der Waals surface area (Å²) in [6, 6.07) is 3.05. The maximum Gasteiger partial charge on any atom is 0.262 e. The highest BCUT2D eigenvalue weighted by molar-refractivity contribution is 7.09. The first-order valence-corrected chi connectivity index (χ1v) is 7.78. The Bertz CT molecular complexity index is 677. The Morgan fingerprint density at radius 3 is 2.52 bits per heavy atom. The molecule has 1 aromatic heterocycles. The van der Waals surface area contributed by atoms with E-state index in [1.54, 1.807) is 6.08 Å². The van der Waals surface area contributed by atoms with E-state index in [0.717, 1.165) is 10.7 Å². The number of halogens is 3. The average molecular weight is 363 g/mol. The topological polar surface area (TPSA) is 54.0 Å². The predicted octanol–water partition coefficient (Wildman–Crippen LogP) is 4.57. The number of carbonyl (C=O) groups is 1. The van der Waals surface area contributed by atoms with Gasteiger partial charge in [-0.2, -0.15) is 0 Å². The van der Waals surface area contributed by atoms with Gasteiger partial charge in [-0.25, -0.2) is 4.98 Å². The summed E-state index contributed by atoms with van der Waals surface area (Å²) in [7, 11) is 0. The van der Waals surface area contributed by atoms with Crippen LogP contribution in [0.2, 0.25) is 15.1 Å². The van der Waals surface area contributed by atoms with E-state index in [-0.39, 0.29) is 5.91 Å². The second-order valence-corrected chi connectivity index (χ2v) is 6.30. The maximum absolute atomic E-state index is 11.7. The van der Waals surface area contributed by atoms with E-state index in [9.17, 15) is 4.79 Å². The molecule has 0 bridgehead atoms. The Hall–Kier alpha value is -1.27. The summed E-state index contributed by atoms with van der Waals surface area (Å²) in [5.41, 5.74) is 6.24. The molecule has 0 radical (unpaired) electrons. The minimum absolute atomic E-state index is 0.312. The lowest BCUT2D eigenvalue weighted by atomic mass is 10.3. The fraction of sp³-hybridized carbons (Fsp3) is 0.0769. The zero-order valence-corrected chi connectivity index (χ0v) is 13.9. The number of nitrogens with zero attached hydrogens (tertiary/aromatic N) is 1. The van der Waals surface area contributed by atoms with Crippen LogP contribution in [-0.4, -0.2) is 10.9 Å². The monoisotopic (exact) mass is 361 g/mol. The van der Waals surface area contributed by atoms with E-state index < -0.39 is 0 Å². The van der Waals surface area contributed by atoms with Crippen molar-refractivity contribution >= 4 is 63.8 Å². The number of benzene rings is 1. The van der Waals surface area contributed by atoms with Gasteiger partial charge in [0.15, 0.2) is 0 Å². The second kappa shape index (κ2) is 7.13. The van der Waals surface area contributed by atoms with Gasteiger partial charge in [0.25, 0.3) is 5.91 Å². The molecule has 21 heavy (non-hydrogen) atoms. The molecule has 0 aliphatic heterocycles. The van der Waals surface area contributed by atoms with Crippen LogP contribution in [0.3, 0.4) is 0 Å². The van der Waals surface area contributed by atoms with Gasteiger partial charge in [-0.15, -0.1) is 11.3 Å². The van der Waals surface area contributed by atoms with Gasteiger partial charge < -0.3 is 0 Å². The summed E-state index contributed by atoms with van der Waals surface area (Å²) in [6.07, 6.45) is 2.98. The minimum atomic E-state index is -0.359. The molecule has 8 heteroatoms. The molecule has 1 amide bonds. The normalized spacial score (nSPS) is 10.9. The molecule has 110 valence electrons. The van der Waals surface area contributed by atoms with Crippen LogP contribution >= 0.6 is 46.1 Å². The first-order chi connectivity index (χ1) is 9.95. The molecule has 0 spiro atoms. The Morgan fingerprint density at radius 2 is 1.95 bits per heavy atom. The first kappa shape index (κ1) is 16.1. The minimum Gasteiger partial charge on any atom is -0.295 e. The summed E-state index contributed by atoms with van der Waals surface area (Å²) in [4.78, 5) is 15.9. The molecule has 1 aromatic carbocycles. The molecule has 0 saturated heterocycles. The summed E-state index contributed by atoms with van der Waals surface area (Å²) in [6.45, 7) is 1.90. The van der Waals surface area contributed by atoms with Crippen molar-refractivity contribution in [2.45, 2.75) is 6.92 Å². The molecule has 2 aromatic rings. The third kappa shape index (κ3) is 4.61. The number of hydrogen-bond acceptors (Lipinski definition) is 4. The number of hydrogen-bond donors (Lipinski definition) is 2. The molecular formula is C13H10Cl3N3OS. The van der Waals surface area contributed by atoms with Gasteiger partial charge in [0.2, 0.25) is 0 Å². The van der Waals surface area contributed by atoms with Crippen molar-refractivity contribution in [2.75, 3.05) is 5.43 Å². The number of anilines is 1. The zero-order valence-electron chi connectivity index (χ0n) is 10.8. The van der Waals surface area contributed by atoms with Crippen molar-refractivity contribution in [1.29, 1.82) is 0 Å². The number of hydrazine groups is 1. The van der Waals surface area contributed by atoms with Crippen LogP contribution in [0, 0.1) is 6.92 Å². The Labute approximate surface area is 140 Å². The highest BCUT2D eigenvalue weighted by Crippen LogP contribution is 2.32. The molecule has 0 fully saturated rings. The quantitative estimate of drug-likeness (QED) is 0.619. The number of nitrogens with one attached hydrogen (secondary N) is 2. The summed E-state index contributed by atoms with van der Waals surface area (Å²) >= 11 is 19.3. The van der Waals surface area contributed by atoms with E-state index in [2.05, 4.69) is 15.8 Å². The van der Waals surface area contributed by atoms with Gasteiger partial charge in [0, 0.05) is 16.5 Å². The molecular weight excluding hydrogens is 353 g/mol. The van der Waals surface area contributed by atoms with Crippen LogP contribution in [0.25, 0.3) is 6.08 Å². The van der Waals surface area contributed by atoms with Crippen molar-refractivity contribution in [3.63, 3.8) is 0 Å². The van der Waals surface area contributed by atoms with Crippen molar-refractivity contribution in [3.8, 4) is 0 Å². The summed E-state index contributed by atoms with van der Waals surface area (Å²) in [5.74, 6) is -0.359. The van der Waals surface area contributed by atoms with E-state index in [1.165, 1.54) is 29.5 Å². The van der Waals surface area contributed by atoms with Crippen LogP contribution in [-0.2, 0) is 4.79 Å². The van der Waals surface area contributed by atoms with Gasteiger partial charge in [-0.05, 0) is 25.1 Å². The molecule has 2 N–H and O–H groups in total. The van der Waals surface area contributed by atoms with Crippen molar-refractivity contribution in [1.82, 2.24) is 10.4 Å². The number of aryl methyl sites for hydroxylation is 1. The van der Waals surface area contributed by atoms with Crippen LogP contribution in [0.4, 0.5) is 5.69 Å². The molecule has 4 nitrogen and oxygen atoms in total. The lowest BCUT2D eigenvalue weighted by Crippen LogP contribution is -2.27. The molecule has 1 heterocycles. The van der Waals surface area contributed by atoms with Gasteiger partial charge in [0.1, 0.15) is 0 Å². The van der Waals surface area contributed by atoms with Crippen molar-refractivity contribution < 1.29 is 4.79 Å². The van der Waals surface area contributed by atoms with E-state index in [1.807, 2.05) is 12.3 Å². The van der Waals surface area contributed by atoms with Crippen molar-refractivity contribution in [3.05, 3.63) is 49.4 Å². The smallest absolute Gasteiger partial charge is 0.262 e. The van der Waals surface area contributed by atoms with Crippen LogP contribution in [0.5, 0.6) is 0 Å². The zero-order chi connectivity index (χ0) is 15.4. The number of aromatic nitrogens is 1. The number of amides is 1. The number of rotatable bonds is 4. The summed E-state index contributed by atoms with van der Waals surface area (Å²) < 4.78 is 0. The van der Waals surface area contributed by atoms with Crippen LogP contribution in [0.1, 0.15) is 10.7 Å². The number of carbonyl (C=O) groups excluding carboxylic acids is 1. The Balaban J connectivity index is 1.97. The Morgan fingerprint density at radius 1 is 1.29 bits per heavy atom. The van der Waals surface area contributed by atoms with E-state index >= 15 is 0 Å². The highest BCUT2D eigenvalue weighted by Gasteiger charge is 2.08. The maximum atomic E-state index is 11.7. The van der Waals surface area contributed by atoms with Gasteiger partial charge >= 0.3 is 0 Å². The van der Waals surface area contributed by atoms with E-state index in [4.69, 9.17) is 34.8 Å². The lowest BCUT2D eigenvalue weighted by Gasteiger charge is -2.10. The number of thiazole rings is 1. The van der Waals surface area contributed by atoms with Gasteiger partial charge in [0.05, 0.1) is 26.4 Å². The van der Waals surface area contributed by atoms with Crippen LogP contribution in [0.15, 0.2) is 23.6 Å². The third-order valence-corrected chi connectivity index (χ3v) is 3.97. The predicted molar refractivity (Wildman–Crippen MR) is 89.1 cm³/mol. The molecule has 0 saturated carbocycles. The average Bonchev–Trinajstić information content (AvgIpc) is 2.81. The standard InChI is InChI=1S/C13H10Cl3N3OS/c1-7-17-9(6-21-7)2-3-12(20)18-19-13-10(15)4-8(14)5-11(13)16/h2-6,19H,1H3,(H,18,20)/b3-2+. The van der Waals surface area contributed by atoms with Crippen molar-refractivity contribution in [2.24, 2.45) is 0 Å². The van der Waals surface area contributed by atoms with Gasteiger partial charge in [-0.3, -0.25) is 15.6 Å². The molecule has 0 atom stereocenters. The SMILES string of the molecule is Cc1nc(/C=C/C(=O)NNc2c(Cl)cc(Cl)cc2Cl)cs1. The van der Waals surface area contributed by atoms with Gasteiger partial charge in [-0.1, -0.05) is 34.8 Å². The summed E-state index contributed by atoms with van der Waals surface area (Å²) in [5, 5.41) is 3.84. The van der Waals surface area contributed by atoms with Crippen LogP contribution < -0.4 is 10.9 Å².